The zero-order chi connectivity index (χ0) is 20.3. The summed E-state index contributed by atoms with van der Waals surface area (Å²) in [5.74, 6) is 0.109. The van der Waals surface area contributed by atoms with E-state index in [4.69, 9.17) is 9.84 Å². The molecule has 1 N–H and O–H groups in total. The van der Waals surface area contributed by atoms with E-state index in [1.807, 2.05) is 19.9 Å². The maximum atomic E-state index is 14.3. The Hall–Kier alpha value is -1.94. The predicted molar refractivity (Wildman–Crippen MR) is 108 cm³/mol. The first kappa shape index (κ1) is 24.1. The molecule has 0 spiro atoms. The molecular formula is C22H34FNO2. The number of ether oxygens (including phenoxy) is 1. The van der Waals surface area contributed by atoms with Gasteiger partial charge in [0.05, 0.1) is 13.3 Å². The Morgan fingerprint density at radius 3 is 2.19 bits per heavy atom. The molecule has 1 aromatic carbocycles. The highest BCUT2D eigenvalue weighted by Gasteiger charge is 2.18. The Bertz CT molecular complexity index is 664. The molecule has 0 aliphatic rings. The van der Waals surface area contributed by atoms with Gasteiger partial charge in [-0.05, 0) is 34.9 Å². The smallest absolute Gasteiger partial charge is 0.213 e. The van der Waals surface area contributed by atoms with Crippen LogP contribution in [-0.2, 0) is 12.8 Å². The normalized spacial score (nSPS) is 10.2. The molecule has 0 amide bonds. The molecule has 2 rings (SSSR count). The van der Waals surface area contributed by atoms with Crippen molar-refractivity contribution in [2.75, 3.05) is 14.2 Å². The van der Waals surface area contributed by atoms with Crippen molar-refractivity contribution in [2.45, 2.75) is 54.4 Å². The molecule has 0 saturated carbocycles. The van der Waals surface area contributed by atoms with Crippen LogP contribution in [0.2, 0.25) is 0 Å². The summed E-state index contributed by atoms with van der Waals surface area (Å²) < 4.78 is 19.4. The maximum absolute atomic E-state index is 14.3. The predicted octanol–water partition coefficient (Wildman–Crippen LogP) is 5.68. The second-order valence-corrected chi connectivity index (χ2v) is 6.79. The van der Waals surface area contributed by atoms with Crippen molar-refractivity contribution in [3.8, 4) is 17.0 Å². The van der Waals surface area contributed by atoms with Gasteiger partial charge in [0, 0.05) is 18.7 Å². The number of aliphatic hydroxyl groups excluding tert-OH is 1. The van der Waals surface area contributed by atoms with Crippen molar-refractivity contribution < 1.29 is 14.2 Å². The Morgan fingerprint density at radius 2 is 1.69 bits per heavy atom. The van der Waals surface area contributed by atoms with E-state index in [1.54, 1.807) is 13.2 Å². The molecule has 3 nitrogen and oxygen atoms in total. The summed E-state index contributed by atoms with van der Waals surface area (Å²) in [4.78, 5) is 3.92. The first-order valence-corrected chi connectivity index (χ1v) is 9.10. The summed E-state index contributed by atoms with van der Waals surface area (Å²) in [6.45, 7) is 12.7. The van der Waals surface area contributed by atoms with Crippen LogP contribution in [0.15, 0.2) is 30.5 Å². The lowest BCUT2D eigenvalue weighted by Gasteiger charge is -2.21. The van der Waals surface area contributed by atoms with E-state index < -0.39 is 0 Å². The fourth-order valence-corrected chi connectivity index (χ4v) is 2.58. The summed E-state index contributed by atoms with van der Waals surface area (Å²) in [6, 6.07) is 7.93. The topological polar surface area (TPSA) is 42.4 Å². The zero-order valence-corrected chi connectivity index (χ0v) is 17.5. The molecule has 0 radical (unpaired) electrons. The molecule has 4 heteroatoms. The molecular weight excluding hydrogens is 329 g/mol. The van der Waals surface area contributed by atoms with Gasteiger partial charge in [0.1, 0.15) is 5.82 Å². The van der Waals surface area contributed by atoms with Gasteiger partial charge in [-0.2, -0.15) is 0 Å². The number of nitrogens with zero attached hydrogens (tertiary/aromatic N) is 1. The van der Waals surface area contributed by atoms with Crippen molar-refractivity contribution >= 4 is 0 Å². The zero-order valence-electron chi connectivity index (χ0n) is 17.5. The van der Waals surface area contributed by atoms with Crippen LogP contribution in [0.25, 0.3) is 11.1 Å². The summed E-state index contributed by atoms with van der Waals surface area (Å²) in [6.07, 6.45) is 3.09. The number of rotatable bonds is 4. The van der Waals surface area contributed by atoms with Crippen LogP contribution in [0.4, 0.5) is 4.39 Å². The van der Waals surface area contributed by atoms with E-state index in [-0.39, 0.29) is 11.2 Å². The molecule has 1 heterocycles. The molecule has 0 atom stereocenters. The minimum absolute atomic E-state index is 0.134. The highest BCUT2D eigenvalue weighted by atomic mass is 19.1. The molecule has 0 aliphatic carbocycles. The van der Waals surface area contributed by atoms with Crippen molar-refractivity contribution in [3.05, 3.63) is 47.4 Å². The maximum Gasteiger partial charge on any atom is 0.213 e. The SMILES string of the molecule is CC.CCc1ccc(-c2cc(OC)ncc2F)c(CC(C)(C)C)c1.CO. The fraction of sp³-hybridized carbons (Fsp3) is 0.500. The van der Waals surface area contributed by atoms with Crippen molar-refractivity contribution in [1.29, 1.82) is 0 Å². The van der Waals surface area contributed by atoms with Crippen molar-refractivity contribution in [2.24, 2.45) is 5.41 Å². The van der Waals surface area contributed by atoms with E-state index in [1.165, 1.54) is 17.3 Å². The summed E-state index contributed by atoms with van der Waals surface area (Å²) in [7, 11) is 2.54. The molecule has 2 aromatic rings. The standard InChI is InChI=1S/C19H24FNO.C2H6.CH4O/c1-6-13-7-8-15(14(9-13)11-19(2,3)4)16-10-18(22-5)21-12-17(16)20;2*1-2/h7-10,12H,6,11H2,1-5H3;1-2H3;2H,1H3. The molecule has 0 saturated heterocycles. The first-order chi connectivity index (χ1) is 12.3. The van der Waals surface area contributed by atoms with Crippen molar-refractivity contribution in [1.82, 2.24) is 4.98 Å². The quantitative estimate of drug-likeness (QED) is 0.759. The van der Waals surface area contributed by atoms with Crippen LogP contribution >= 0.6 is 0 Å². The Kier molecular flexibility index (Phi) is 10.8. The summed E-state index contributed by atoms with van der Waals surface area (Å²) in [5, 5.41) is 7.00. The molecule has 0 fully saturated rings. The molecule has 26 heavy (non-hydrogen) atoms. The second kappa shape index (κ2) is 11.6. The lowest BCUT2D eigenvalue weighted by molar-refractivity contribution is 0.396. The van der Waals surface area contributed by atoms with Gasteiger partial charge in [0.15, 0.2) is 0 Å². The van der Waals surface area contributed by atoms with Crippen molar-refractivity contribution in [3.63, 3.8) is 0 Å². The number of aliphatic hydroxyl groups is 1. The second-order valence-electron chi connectivity index (χ2n) is 6.79. The Morgan fingerprint density at radius 1 is 1.08 bits per heavy atom. The van der Waals surface area contributed by atoms with Gasteiger partial charge in [-0.1, -0.05) is 59.7 Å². The van der Waals surface area contributed by atoms with Crippen LogP contribution in [-0.4, -0.2) is 24.3 Å². The summed E-state index contributed by atoms with van der Waals surface area (Å²) >= 11 is 0. The van der Waals surface area contributed by atoms with Gasteiger partial charge < -0.3 is 9.84 Å². The van der Waals surface area contributed by atoms with Crippen LogP contribution in [0.5, 0.6) is 5.88 Å². The number of aromatic nitrogens is 1. The van der Waals surface area contributed by atoms with Gasteiger partial charge in [0.2, 0.25) is 5.88 Å². The largest absolute Gasteiger partial charge is 0.481 e. The average Bonchev–Trinajstić information content (AvgIpc) is 2.64. The minimum atomic E-state index is -0.319. The summed E-state index contributed by atoms with van der Waals surface area (Å²) in [5.41, 5.74) is 4.04. The third kappa shape index (κ3) is 7.12. The molecule has 0 unspecified atom stereocenters. The highest BCUT2D eigenvalue weighted by molar-refractivity contribution is 5.69. The van der Waals surface area contributed by atoms with Gasteiger partial charge in [-0.25, -0.2) is 9.37 Å². The number of pyridine rings is 1. The Balaban J connectivity index is 0.00000146. The first-order valence-electron chi connectivity index (χ1n) is 9.10. The van der Waals surface area contributed by atoms with Crippen LogP contribution < -0.4 is 4.74 Å². The van der Waals surface area contributed by atoms with Gasteiger partial charge >= 0.3 is 0 Å². The number of methoxy groups -OCH3 is 1. The molecule has 146 valence electrons. The third-order valence-electron chi connectivity index (χ3n) is 3.63. The van der Waals surface area contributed by atoms with Crippen LogP contribution in [0, 0.1) is 11.2 Å². The van der Waals surface area contributed by atoms with Gasteiger partial charge in [0.25, 0.3) is 0 Å². The van der Waals surface area contributed by atoms with E-state index in [0.29, 0.717) is 11.4 Å². The number of benzene rings is 1. The van der Waals surface area contributed by atoms with Crippen LogP contribution in [0.3, 0.4) is 0 Å². The monoisotopic (exact) mass is 363 g/mol. The van der Waals surface area contributed by atoms with Gasteiger partial charge in [-0.15, -0.1) is 0 Å². The lowest BCUT2D eigenvalue weighted by Crippen LogP contribution is -2.10. The number of hydrogen-bond donors (Lipinski definition) is 1. The number of halogens is 1. The number of aryl methyl sites for hydroxylation is 1. The molecule has 0 aliphatic heterocycles. The van der Waals surface area contributed by atoms with Gasteiger partial charge in [-0.3, -0.25) is 0 Å². The van der Waals surface area contributed by atoms with E-state index in [0.717, 1.165) is 25.5 Å². The number of hydrogen-bond acceptors (Lipinski definition) is 3. The molecule has 0 bridgehead atoms. The highest BCUT2D eigenvalue weighted by Crippen LogP contribution is 2.33. The molecule has 1 aromatic heterocycles. The Labute approximate surface area is 158 Å². The third-order valence-corrected chi connectivity index (χ3v) is 3.63. The minimum Gasteiger partial charge on any atom is -0.481 e. The van der Waals surface area contributed by atoms with E-state index in [2.05, 4.69) is 44.8 Å². The lowest BCUT2D eigenvalue weighted by atomic mass is 9.84. The van der Waals surface area contributed by atoms with Crippen LogP contribution in [0.1, 0.15) is 52.7 Å². The fourth-order valence-electron chi connectivity index (χ4n) is 2.58. The van der Waals surface area contributed by atoms with E-state index in [9.17, 15) is 4.39 Å². The average molecular weight is 364 g/mol. The van der Waals surface area contributed by atoms with E-state index >= 15 is 0 Å².